The third kappa shape index (κ3) is 4.12. The SMILES string of the molecule is CN(C)Cc1nsc(NC(=O)N2C[C@H]3CC(N(C)c4c(C#N)cnc5[nH]ccc45)C[C@H]3C2)n1. The maximum atomic E-state index is 12.8. The second kappa shape index (κ2) is 8.61. The number of H-pyrrole nitrogens is 1. The quantitative estimate of drug-likeness (QED) is 0.595. The molecule has 3 aromatic heterocycles. The molecule has 2 N–H and O–H groups in total. The van der Waals surface area contributed by atoms with E-state index in [4.69, 9.17) is 0 Å². The number of nitrogens with one attached hydrogen (secondary N) is 2. The average Bonchev–Trinajstić information content (AvgIpc) is 3.55. The maximum absolute atomic E-state index is 12.8. The van der Waals surface area contributed by atoms with Gasteiger partial charge in [-0.2, -0.15) is 9.64 Å². The Labute approximate surface area is 196 Å². The first-order chi connectivity index (χ1) is 15.9. The molecule has 3 aromatic rings. The number of anilines is 2. The summed E-state index contributed by atoms with van der Waals surface area (Å²) in [5, 5.41) is 14.1. The number of amides is 2. The Kier molecular flexibility index (Phi) is 5.64. The van der Waals surface area contributed by atoms with Crippen molar-refractivity contribution in [2.24, 2.45) is 11.8 Å². The van der Waals surface area contributed by atoms with Crippen LogP contribution in [0.25, 0.3) is 11.0 Å². The summed E-state index contributed by atoms with van der Waals surface area (Å²) >= 11 is 1.22. The van der Waals surface area contributed by atoms with E-state index in [2.05, 4.69) is 42.7 Å². The van der Waals surface area contributed by atoms with Crippen molar-refractivity contribution in [2.45, 2.75) is 25.4 Å². The molecule has 1 aliphatic carbocycles. The van der Waals surface area contributed by atoms with Gasteiger partial charge in [-0.25, -0.2) is 14.8 Å². The normalized spacial score (nSPS) is 22.0. The van der Waals surface area contributed by atoms with Gasteiger partial charge in [0.1, 0.15) is 11.7 Å². The molecule has 5 rings (SSSR count). The summed E-state index contributed by atoms with van der Waals surface area (Å²) in [7, 11) is 5.99. The van der Waals surface area contributed by atoms with Crippen LogP contribution in [-0.2, 0) is 6.54 Å². The first kappa shape index (κ1) is 21.6. The Morgan fingerprint density at radius 3 is 2.79 bits per heavy atom. The standard InChI is InChI=1S/C22H27N9OS/c1-29(2)12-18-26-21(33-28-18)27-22(32)31-10-13-6-16(7-14(13)11-31)30(3)19-15(8-23)9-25-20-17(19)4-5-24-20/h4-5,9,13-14,16H,6-7,10-12H2,1-3H3,(H,24,25)(H,26,27,28,32)/t13-,14+,16?. The lowest BCUT2D eigenvalue weighted by molar-refractivity contribution is 0.218. The van der Waals surface area contributed by atoms with Gasteiger partial charge in [0.2, 0.25) is 5.13 Å². The first-order valence-electron chi connectivity index (χ1n) is 11.0. The Hall–Kier alpha value is -3.23. The molecular weight excluding hydrogens is 438 g/mol. The Balaban J connectivity index is 1.22. The van der Waals surface area contributed by atoms with Gasteiger partial charge < -0.3 is 19.7 Å². The minimum Gasteiger partial charge on any atom is -0.370 e. The van der Waals surface area contributed by atoms with Crippen molar-refractivity contribution in [3.63, 3.8) is 0 Å². The van der Waals surface area contributed by atoms with E-state index in [9.17, 15) is 10.1 Å². The molecule has 1 saturated heterocycles. The zero-order valence-corrected chi connectivity index (χ0v) is 19.8. The van der Waals surface area contributed by atoms with Crippen LogP contribution in [0.1, 0.15) is 24.2 Å². The first-order valence-corrected chi connectivity index (χ1v) is 11.8. The number of aromatic amines is 1. The molecule has 0 aromatic carbocycles. The van der Waals surface area contributed by atoms with E-state index in [-0.39, 0.29) is 6.03 Å². The molecule has 33 heavy (non-hydrogen) atoms. The van der Waals surface area contributed by atoms with Crippen LogP contribution >= 0.6 is 11.5 Å². The fraction of sp³-hybridized carbons (Fsp3) is 0.500. The lowest BCUT2D eigenvalue weighted by atomic mass is 10.0. The zero-order chi connectivity index (χ0) is 23.1. The van der Waals surface area contributed by atoms with Crippen LogP contribution in [0, 0.1) is 23.2 Å². The summed E-state index contributed by atoms with van der Waals surface area (Å²) in [5.74, 6) is 1.63. The number of fused-ring (bicyclic) bond motifs is 2. The smallest absolute Gasteiger partial charge is 0.323 e. The Morgan fingerprint density at radius 2 is 2.09 bits per heavy atom. The van der Waals surface area contributed by atoms with Crippen molar-refractivity contribution in [1.29, 1.82) is 5.26 Å². The molecule has 0 spiro atoms. The van der Waals surface area contributed by atoms with Gasteiger partial charge in [0.25, 0.3) is 0 Å². The molecule has 1 saturated carbocycles. The molecule has 2 amide bonds. The fourth-order valence-electron chi connectivity index (χ4n) is 5.21. The molecule has 3 atom stereocenters. The van der Waals surface area contributed by atoms with Gasteiger partial charge in [-0.05, 0) is 44.8 Å². The molecule has 4 heterocycles. The number of carbonyl (C=O) groups excluding carboxylic acids is 1. The van der Waals surface area contributed by atoms with E-state index in [0.29, 0.717) is 40.9 Å². The van der Waals surface area contributed by atoms with Crippen molar-refractivity contribution in [3.05, 3.63) is 29.8 Å². The molecule has 172 valence electrons. The lowest BCUT2D eigenvalue weighted by Gasteiger charge is -2.29. The van der Waals surface area contributed by atoms with Crippen molar-refractivity contribution >= 4 is 39.4 Å². The van der Waals surface area contributed by atoms with E-state index in [1.54, 1.807) is 6.20 Å². The minimum absolute atomic E-state index is 0.100. The predicted molar refractivity (Wildman–Crippen MR) is 127 cm³/mol. The van der Waals surface area contributed by atoms with Crippen LogP contribution in [0.3, 0.4) is 0 Å². The van der Waals surface area contributed by atoms with Crippen LogP contribution in [0.2, 0.25) is 0 Å². The van der Waals surface area contributed by atoms with E-state index in [0.717, 1.165) is 42.7 Å². The van der Waals surface area contributed by atoms with Gasteiger partial charge in [0, 0.05) is 55.5 Å². The highest BCUT2D eigenvalue weighted by molar-refractivity contribution is 7.09. The van der Waals surface area contributed by atoms with Crippen LogP contribution in [0.4, 0.5) is 15.6 Å². The molecule has 1 aliphatic heterocycles. The number of likely N-dealkylation sites (tertiary alicyclic amines) is 1. The fourth-order valence-corrected chi connectivity index (χ4v) is 5.78. The highest BCUT2D eigenvalue weighted by atomic mass is 32.1. The molecule has 2 aliphatic rings. The molecule has 11 heteroatoms. The summed E-state index contributed by atoms with van der Waals surface area (Å²) in [5.41, 5.74) is 2.32. The third-order valence-corrected chi connectivity index (χ3v) is 7.40. The number of hydrogen-bond acceptors (Lipinski definition) is 8. The highest BCUT2D eigenvalue weighted by Crippen LogP contribution is 2.42. The van der Waals surface area contributed by atoms with Gasteiger partial charge >= 0.3 is 6.03 Å². The summed E-state index contributed by atoms with van der Waals surface area (Å²) in [4.78, 5) is 30.8. The van der Waals surface area contributed by atoms with E-state index in [1.807, 2.05) is 36.2 Å². The van der Waals surface area contributed by atoms with Gasteiger partial charge in [-0.3, -0.25) is 5.32 Å². The molecule has 10 nitrogen and oxygen atoms in total. The van der Waals surface area contributed by atoms with E-state index in [1.165, 1.54) is 11.5 Å². The molecule has 0 bridgehead atoms. The number of pyridine rings is 1. The predicted octanol–water partition coefficient (Wildman–Crippen LogP) is 2.73. The van der Waals surface area contributed by atoms with Crippen LogP contribution in [0.5, 0.6) is 0 Å². The number of rotatable bonds is 5. The largest absolute Gasteiger partial charge is 0.370 e. The van der Waals surface area contributed by atoms with Gasteiger partial charge in [-0.15, -0.1) is 0 Å². The van der Waals surface area contributed by atoms with Crippen LogP contribution in [-0.4, -0.2) is 75.4 Å². The van der Waals surface area contributed by atoms with Crippen molar-refractivity contribution in [1.82, 2.24) is 29.1 Å². The monoisotopic (exact) mass is 465 g/mol. The summed E-state index contributed by atoms with van der Waals surface area (Å²) < 4.78 is 4.30. The summed E-state index contributed by atoms with van der Waals surface area (Å²) in [6.07, 6.45) is 5.49. The minimum atomic E-state index is -0.100. The molecule has 0 radical (unpaired) electrons. The zero-order valence-electron chi connectivity index (χ0n) is 18.9. The molecule has 2 fully saturated rings. The lowest BCUT2D eigenvalue weighted by Crippen LogP contribution is -2.36. The molecule has 1 unspecified atom stereocenters. The summed E-state index contributed by atoms with van der Waals surface area (Å²) in [6.45, 7) is 2.13. The maximum Gasteiger partial charge on any atom is 0.323 e. The topological polar surface area (TPSA) is 117 Å². The van der Waals surface area contributed by atoms with Crippen LogP contribution in [0.15, 0.2) is 18.5 Å². The second-order valence-electron chi connectivity index (χ2n) is 9.22. The van der Waals surface area contributed by atoms with Crippen molar-refractivity contribution < 1.29 is 4.79 Å². The second-order valence-corrected chi connectivity index (χ2v) is 9.97. The Bertz CT molecular complexity index is 1200. The number of nitriles is 1. The van der Waals surface area contributed by atoms with Crippen molar-refractivity contribution in [2.75, 3.05) is 44.4 Å². The number of urea groups is 1. The third-order valence-electron chi connectivity index (χ3n) is 6.73. The highest BCUT2D eigenvalue weighted by Gasteiger charge is 2.44. The van der Waals surface area contributed by atoms with Crippen LogP contribution < -0.4 is 10.2 Å². The van der Waals surface area contributed by atoms with Gasteiger partial charge in [-0.1, -0.05) is 0 Å². The van der Waals surface area contributed by atoms with Gasteiger partial charge in [0.05, 0.1) is 17.8 Å². The number of hydrogen-bond donors (Lipinski definition) is 2. The van der Waals surface area contributed by atoms with Gasteiger partial charge in [0.15, 0.2) is 5.82 Å². The number of aromatic nitrogens is 4. The van der Waals surface area contributed by atoms with E-state index >= 15 is 0 Å². The van der Waals surface area contributed by atoms with E-state index < -0.39 is 0 Å². The number of carbonyl (C=O) groups is 1. The summed E-state index contributed by atoms with van der Waals surface area (Å²) in [6, 6.07) is 4.51. The number of nitrogens with zero attached hydrogens (tertiary/aromatic N) is 7. The average molecular weight is 466 g/mol. The Morgan fingerprint density at radius 1 is 1.33 bits per heavy atom. The molecular formula is C22H27N9OS. The van der Waals surface area contributed by atoms with Crippen molar-refractivity contribution in [3.8, 4) is 6.07 Å².